The van der Waals surface area contributed by atoms with Gasteiger partial charge in [-0.25, -0.2) is 8.78 Å². The number of benzene rings is 1. The largest absolute Gasteiger partial charge is 0.342 e. The first-order valence-corrected chi connectivity index (χ1v) is 6.29. The van der Waals surface area contributed by atoms with E-state index >= 15 is 0 Å². The third-order valence-corrected chi connectivity index (χ3v) is 3.18. The van der Waals surface area contributed by atoms with Gasteiger partial charge in [-0.3, -0.25) is 4.79 Å². The normalized spacial score (nSPS) is 11.9. The molecule has 0 aliphatic rings. The van der Waals surface area contributed by atoms with Crippen LogP contribution >= 0.6 is 12.4 Å². The molecule has 0 bridgehead atoms. The van der Waals surface area contributed by atoms with Crippen LogP contribution in [0.25, 0.3) is 0 Å². The Bertz CT molecular complexity index is 455. The van der Waals surface area contributed by atoms with Gasteiger partial charge in [0.1, 0.15) is 0 Å². The molecule has 0 fully saturated rings. The van der Waals surface area contributed by atoms with Gasteiger partial charge in [-0.1, -0.05) is 19.9 Å². The molecule has 6 heteroatoms. The number of nitrogens with two attached hydrogens (primary N) is 1. The molecule has 0 aromatic heterocycles. The number of carbonyl (C=O) groups is 1. The van der Waals surface area contributed by atoms with Gasteiger partial charge < -0.3 is 10.6 Å². The highest BCUT2D eigenvalue weighted by Gasteiger charge is 2.19. The highest BCUT2D eigenvalue weighted by Crippen LogP contribution is 2.14. The monoisotopic (exact) mass is 306 g/mol. The first-order valence-electron chi connectivity index (χ1n) is 6.29. The van der Waals surface area contributed by atoms with Crippen LogP contribution in [0.4, 0.5) is 8.78 Å². The molecule has 20 heavy (non-hydrogen) atoms. The van der Waals surface area contributed by atoms with Crippen molar-refractivity contribution in [3.8, 4) is 0 Å². The van der Waals surface area contributed by atoms with Gasteiger partial charge in [0.05, 0.1) is 5.56 Å². The summed E-state index contributed by atoms with van der Waals surface area (Å²) in [5, 5.41) is 0. The number of halogens is 3. The Morgan fingerprint density at radius 2 is 1.95 bits per heavy atom. The third-order valence-electron chi connectivity index (χ3n) is 3.18. The highest BCUT2D eigenvalue weighted by atomic mass is 35.5. The van der Waals surface area contributed by atoms with Crippen molar-refractivity contribution in [2.75, 3.05) is 13.6 Å². The van der Waals surface area contributed by atoms with E-state index in [1.54, 1.807) is 7.05 Å². The van der Waals surface area contributed by atoms with Gasteiger partial charge in [-0.05, 0) is 24.5 Å². The van der Waals surface area contributed by atoms with Crippen LogP contribution < -0.4 is 5.73 Å². The summed E-state index contributed by atoms with van der Waals surface area (Å²) >= 11 is 0. The summed E-state index contributed by atoms with van der Waals surface area (Å²) in [6, 6.07) is 3.56. The van der Waals surface area contributed by atoms with Gasteiger partial charge in [0, 0.05) is 19.6 Å². The zero-order valence-corrected chi connectivity index (χ0v) is 12.7. The molecule has 1 unspecified atom stereocenters. The quantitative estimate of drug-likeness (QED) is 0.909. The minimum absolute atomic E-state index is 0. The molecule has 1 aromatic carbocycles. The Kier molecular flexibility index (Phi) is 7.68. The van der Waals surface area contributed by atoms with Crippen molar-refractivity contribution in [1.82, 2.24) is 4.90 Å². The number of amides is 1. The second-order valence-corrected chi connectivity index (χ2v) is 5.02. The summed E-state index contributed by atoms with van der Waals surface area (Å²) in [5.41, 5.74) is 5.64. The fourth-order valence-electron chi connectivity index (χ4n) is 1.65. The summed E-state index contributed by atoms with van der Waals surface area (Å²) in [5.74, 6) is -2.34. The number of hydrogen-bond donors (Lipinski definition) is 1. The Morgan fingerprint density at radius 1 is 1.35 bits per heavy atom. The Morgan fingerprint density at radius 3 is 2.50 bits per heavy atom. The van der Waals surface area contributed by atoms with Crippen LogP contribution in [-0.4, -0.2) is 30.4 Å². The standard InChI is InChI=1S/C14H20F2N2O.ClH/c1-9(2)12(17)7-8-18(3)14(19)10-5-4-6-11(15)13(10)16;/h4-6,9,12H,7-8,17H2,1-3H3;1H. The molecule has 2 N–H and O–H groups in total. The van der Waals surface area contributed by atoms with Gasteiger partial charge in [0.2, 0.25) is 0 Å². The molecule has 0 saturated heterocycles. The number of rotatable bonds is 5. The summed E-state index contributed by atoms with van der Waals surface area (Å²) in [6.45, 7) is 4.41. The van der Waals surface area contributed by atoms with Crippen LogP contribution in [0.5, 0.6) is 0 Å². The van der Waals surface area contributed by atoms with E-state index in [2.05, 4.69) is 0 Å². The molecule has 0 spiro atoms. The second kappa shape index (κ2) is 8.17. The maximum atomic E-state index is 13.5. The SMILES string of the molecule is CC(C)C(N)CCN(C)C(=O)c1cccc(F)c1F.Cl. The van der Waals surface area contributed by atoms with E-state index in [9.17, 15) is 13.6 Å². The van der Waals surface area contributed by atoms with Crippen molar-refractivity contribution < 1.29 is 13.6 Å². The van der Waals surface area contributed by atoms with Crippen molar-refractivity contribution >= 4 is 18.3 Å². The minimum atomic E-state index is -1.10. The molecule has 3 nitrogen and oxygen atoms in total. The molecule has 0 aliphatic heterocycles. The summed E-state index contributed by atoms with van der Waals surface area (Å²) in [4.78, 5) is 13.3. The summed E-state index contributed by atoms with van der Waals surface area (Å²) in [6.07, 6.45) is 0.622. The number of nitrogens with zero attached hydrogens (tertiary/aromatic N) is 1. The zero-order chi connectivity index (χ0) is 14.6. The zero-order valence-electron chi connectivity index (χ0n) is 11.9. The van der Waals surface area contributed by atoms with Gasteiger partial charge in [-0.15, -0.1) is 12.4 Å². The van der Waals surface area contributed by atoms with Gasteiger partial charge in [-0.2, -0.15) is 0 Å². The molecule has 0 aliphatic carbocycles. The van der Waals surface area contributed by atoms with Crippen molar-refractivity contribution in [1.29, 1.82) is 0 Å². The van der Waals surface area contributed by atoms with Crippen LogP contribution in [0.2, 0.25) is 0 Å². The van der Waals surface area contributed by atoms with E-state index in [4.69, 9.17) is 5.73 Å². The molecular formula is C14H21ClF2N2O. The lowest BCUT2D eigenvalue weighted by atomic mass is 10.0. The van der Waals surface area contributed by atoms with Crippen molar-refractivity contribution in [2.45, 2.75) is 26.3 Å². The lowest BCUT2D eigenvalue weighted by Gasteiger charge is -2.21. The molecule has 114 valence electrons. The second-order valence-electron chi connectivity index (χ2n) is 5.02. The van der Waals surface area contributed by atoms with Crippen LogP contribution in [0.15, 0.2) is 18.2 Å². The molecule has 0 radical (unpaired) electrons. The molecule has 1 amide bonds. The maximum Gasteiger partial charge on any atom is 0.256 e. The fourth-order valence-corrected chi connectivity index (χ4v) is 1.65. The van der Waals surface area contributed by atoms with E-state index in [1.165, 1.54) is 17.0 Å². The summed E-state index contributed by atoms with van der Waals surface area (Å²) < 4.78 is 26.5. The fraction of sp³-hybridized carbons (Fsp3) is 0.500. The molecule has 1 aromatic rings. The average molecular weight is 307 g/mol. The number of carbonyl (C=O) groups excluding carboxylic acids is 1. The first kappa shape index (κ1) is 18.8. The van der Waals surface area contributed by atoms with E-state index in [0.717, 1.165) is 6.07 Å². The maximum absolute atomic E-state index is 13.5. The Labute approximate surface area is 124 Å². The Balaban J connectivity index is 0.00000361. The number of hydrogen-bond acceptors (Lipinski definition) is 2. The van der Waals surface area contributed by atoms with E-state index in [1.807, 2.05) is 13.8 Å². The predicted octanol–water partition coefficient (Wildman–Crippen LogP) is 2.83. The van der Waals surface area contributed by atoms with Gasteiger partial charge >= 0.3 is 0 Å². The van der Waals surface area contributed by atoms with Crippen molar-refractivity contribution in [2.24, 2.45) is 11.7 Å². The topological polar surface area (TPSA) is 46.3 Å². The smallest absolute Gasteiger partial charge is 0.256 e. The lowest BCUT2D eigenvalue weighted by molar-refractivity contribution is 0.0783. The lowest BCUT2D eigenvalue weighted by Crippen LogP contribution is -2.35. The van der Waals surface area contributed by atoms with Crippen molar-refractivity contribution in [3.63, 3.8) is 0 Å². The molecule has 1 rings (SSSR count). The molecule has 1 atom stereocenters. The summed E-state index contributed by atoms with van der Waals surface area (Å²) in [7, 11) is 1.56. The van der Waals surface area contributed by atoms with Crippen LogP contribution in [0, 0.1) is 17.6 Å². The third kappa shape index (κ3) is 4.72. The van der Waals surface area contributed by atoms with Gasteiger partial charge in [0.25, 0.3) is 5.91 Å². The van der Waals surface area contributed by atoms with Gasteiger partial charge in [0.15, 0.2) is 11.6 Å². The van der Waals surface area contributed by atoms with E-state index in [0.29, 0.717) is 18.9 Å². The first-order chi connectivity index (χ1) is 8.84. The van der Waals surface area contributed by atoms with Crippen LogP contribution in [-0.2, 0) is 0 Å². The Hall–Kier alpha value is -1.20. The van der Waals surface area contributed by atoms with Crippen LogP contribution in [0.1, 0.15) is 30.6 Å². The predicted molar refractivity (Wildman–Crippen MR) is 78.0 cm³/mol. The average Bonchev–Trinajstić information content (AvgIpc) is 2.37. The van der Waals surface area contributed by atoms with E-state index in [-0.39, 0.29) is 24.0 Å². The highest BCUT2D eigenvalue weighted by molar-refractivity contribution is 5.94. The van der Waals surface area contributed by atoms with E-state index < -0.39 is 17.5 Å². The van der Waals surface area contributed by atoms with Crippen LogP contribution in [0.3, 0.4) is 0 Å². The molecule has 0 heterocycles. The molecule has 0 saturated carbocycles. The minimum Gasteiger partial charge on any atom is -0.342 e. The molecular weight excluding hydrogens is 286 g/mol. The van der Waals surface area contributed by atoms with Crippen molar-refractivity contribution in [3.05, 3.63) is 35.4 Å².